The summed E-state index contributed by atoms with van der Waals surface area (Å²) < 4.78 is 77.6. The van der Waals surface area contributed by atoms with Gasteiger partial charge in [-0.2, -0.15) is 18.3 Å². The van der Waals surface area contributed by atoms with Crippen LogP contribution in [0.1, 0.15) is 5.69 Å². The lowest BCUT2D eigenvalue weighted by Crippen LogP contribution is -2.12. The maximum atomic E-state index is 13.4. The Balaban J connectivity index is 1.90. The third-order valence-electron chi connectivity index (χ3n) is 3.98. The highest BCUT2D eigenvalue weighted by atomic mass is 32.2. The van der Waals surface area contributed by atoms with Gasteiger partial charge in [0.2, 0.25) is 10.0 Å². The number of nitrogens with zero attached hydrogens (tertiary/aromatic N) is 3. The molecule has 2 aromatic carbocycles. The monoisotopic (exact) mass is 442 g/mol. The average molecular weight is 442 g/mol. The number of aromatic nitrogens is 3. The lowest BCUT2D eigenvalue weighted by atomic mass is 10.3. The maximum absolute atomic E-state index is 13.4. The van der Waals surface area contributed by atoms with Crippen molar-refractivity contribution in [3.8, 4) is 16.4 Å². The van der Waals surface area contributed by atoms with Gasteiger partial charge in [0.25, 0.3) is 0 Å². The second-order valence-electron chi connectivity index (χ2n) is 5.99. The van der Waals surface area contributed by atoms with E-state index in [4.69, 9.17) is 5.14 Å². The number of benzene rings is 2. The van der Waals surface area contributed by atoms with Crippen LogP contribution in [0.15, 0.2) is 53.4 Å². The minimum atomic E-state index is -4.71. The van der Waals surface area contributed by atoms with Crippen LogP contribution in [-0.2, 0) is 16.2 Å². The number of fused-ring (bicyclic) bond motifs is 1. The highest BCUT2D eigenvalue weighted by Crippen LogP contribution is 2.36. The van der Waals surface area contributed by atoms with E-state index in [9.17, 15) is 26.0 Å². The van der Waals surface area contributed by atoms with Crippen molar-refractivity contribution in [2.45, 2.75) is 11.1 Å². The van der Waals surface area contributed by atoms with Gasteiger partial charge >= 0.3 is 6.18 Å². The number of thiazole rings is 1. The van der Waals surface area contributed by atoms with E-state index in [2.05, 4.69) is 10.1 Å². The minimum absolute atomic E-state index is 0.0299. The number of hydrogen-bond acceptors (Lipinski definition) is 5. The molecular weight excluding hydrogens is 432 g/mol. The van der Waals surface area contributed by atoms with Crippen LogP contribution in [-0.4, -0.2) is 23.2 Å². The Hall–Kier alpha value is -2.83. The van der Waals surface area contributed by atoms with Crippen LogP contribution < -0.4 is 5.14 Å². The van der Waals surface area contributed by atoms with Gasteiger partial charge in [-0.05, 0) is 42.5 Å². The third kappa shape index (κ3) is 3.73. The summed E-state index contributed by atoms with van der Waals surface area (Å²) in [5, 5.41) is 8.85. The molecule has 12 heteroatoms. The number of primary sulfonamides is 1. The Morgan fingerprint density at radius 1 is 1.03 bits per heavy atom. The number of alkyl halides is 3. The first-order chi connectivity index (χ1) is 13.5. The molecule has 4 aromatic rings. The van der Waals surface area contributed by atoms with Crippen molar-refractivity contribution >= 4 is 31.6 Å². The minimum Gasteiger partial charge on any atom is -0.234 e. The lowest BCUT2D eigenvalue weighted by molar-refractivity contribution is -0.141. The largest absolute Gasteiger partial charge is 0.435 e. The summed E-state index contributed by atoms with van der Waals surface area (Å²) in [5.41, 5.74) is -0.639. The standard InChI is InChI=1S/C17H10F4N4O2S2/c18-9-1-6-14-12(7-9)23-16(28-14)13-8-15(17(19,20)21)24-25(13)10-2-4-11(5-3-10)29(22,26)27/h1-8H,(H2,22,26,27). The highest BCUT2D eigenvalue weighted by molar-refractivity contribution is 7.89. The first-order valence-electron chi connectivity index (χ1n) is 7.89. The molecule has 0 fully saturated rings. The van der Waals surface area contributed by atoms with Gasteiger partial charge in [0.05, 0.1) is 20.8 Å². The molecule has 6 nitrogen and oxygen atoms in total. The van der Waals surface area contributed by atoms with E-state index < -0.39 is 27.7 Å². The molecule has 0 spiro atoms. The summed E-state index contributed by atoms with van der Waals surface area (Å²) >= 11 is 1.08. The van der Waals surface area contributed by atoms with E-state index in [1.165, 1.54) is 30.3 Å². The van der Waals surface area contributed by atoms with Crippen LogP contribution in [0, 0.1) is 5.82 Å². The molecule has 150 valence electrons. The van der Waals surface area contributed by atoms with E-state index >= 15 is 0 Å². The molecule has 0 aliphatic rings. The van der Waals surface area contributed by atoms with Crippen molar-refractivity contribution < 1.29 is 26.0 Å². The number of nitrogens with two attached hydrogens (primary N) is 1. The van der Waals surface area contributed by atoms with Crippen LogP contribution in [0.25, 0.3) is 26.6 Å². The Kier molecular flexibility index (Phi) is 4.44. The molecule has 0 aliphatic carbocycles. The first-order valence-corrected chi connectivity index (χ1v) is 10.3. The van der Waals surface area contributed by atoms with Crippen molar-refractivity contribution in [1.82, 2.24) is 14.8 Å². The topological polar surface area (TPSA) is 90.9 Å². The number of rotatable bonds is 3. The van der Waals surface area contributed by atoms with Crippen LogP contribution in [0.2, 0.25) is 0 Å². The molecule has 0 aliphatic heterocycles. The number of hydrogen-bond donors (Lipinski definition) is 1. The average Bonchev–Trinajstić information content (AvgIpc) is 3.24. The molecule has 0 saturated heterocycles. The zero-order chi connectivity index (χ0) is 21.0. The predicted octanol–water partition coefficient (Wildman–Crippen LogP) is 3.95. The summed E-state index contributed by atoms with van der Waals surface area (Å²) in [6.45, 7) is 0. The molecule has 0 bridgehead atoms. The van der Waals surface area contributed by atoms with Crippen LogP contribution in [0.3, 0.4) is 0 Å². The summed E-state index contributed by atoms with van der Waals surface area (Å²) in [6, 6.07) is 9.62. The summed E-state index contributed by atoms with van der Waals surface area (Å²) in [4.78, 5) is 4.02. The van der Waals surface area contributed by atoms with Crippen LogP contribution in [0.4, 0.5) is 17.6 Å². The van der Waals surface area contributed by atoms with Gasteiger partial charge in [-0.3, -0.25) is 0 Å². The second-order valence-corrected chi connectivity index (χ2v) is 8.59. The molecule has 2 aromatic heterocycles. The summed E-state index contributed by atoms with van der Waals surface area (Å²) in [5.74, 6) is -0.516. The summed E-state index contributed by atoms with van der Waals surface area (Å²) in [7, 11) is -3.96. The highest BCUT2D eigenvalue weighted by Gasteiger charge is 2.35. The van der Waals surface area contributed by atoms with E-state index in [-0.39, 0.29) is 21.3 Å². The lowest BCUT2D eigenvalue weighted by Gasteiger charge is -2.06. The van der Waals surface area contributed by atoms with Crippen molar-refractivity contribution in [2.24, 2.45) is 5.14 Å². The zero-order valence-corrected chi connectivity index (χ0v) is 15.8. The normalized spacial score (nSPS) is 12.6. The second kappa shape index (κ2) is 6.61. The molecule has 0 atom stereocenters. The molecule has 0 radical (unpaired) electrons. The van der Waals surface area contributed by atoms with E-state index in [0.717, 1.165) is 34.2 Å². The van der Waals surface area contributed by atoms with Crippen LogP contribution >= 0.6 is 11.3 Å². The maximum Gasteiger partial charge on any atom is 0.435 e. The molecule has 0 amide bonds. The van der Waals surface area contributed by atoms with Gasteiger partial charge < -0.3 is 0 Å². The predicted molar refractivity (Wildman–Crippen MR) is 98.5 cm³/mol. The van der Waals surface area contributed by atoms with E-state index in [1.54, 1.807) is 0 Å². The number of halogens is 4. The summed E-state index contributed by atoms with van der Waals surface area (Å²) in [6.07, 6.45) is -4.71. The molecule has 29 heavy (non-hydrogen) atoms. The fourth-order valence-corrected chi connectivity index (χ4v) is 4.12. The molecular formula is C17H10F4N4O2S2. The quantitative estimate of drug-likeness (QED) is 0.487. The van der Waals surface area contributed by atoms with Crippen molar-refractivity contribution in [2.75, 3.05) is 0 Å². The van der Waals surface area contributed by atoms with E-state index in [0.29, 0.717) is 10.2 Å². The molecule has 0 saturated carbocycles. The smallest absolute Gasteiger partial charge is 0.234 e. The molecule has 0 unspecified atom stereocenters. The zero-order valence-electron chi connectivity index (χ0n) is 14.2. The molecule has 2 heterocycles. The Labute approximate surface area is 165 Å². The number of sulfonamides is 1. The van der Waals surface area contributed by atoms with Gasteiger partial charge in [0, 0.05) is 6.07 Å². The Bertz CT molecular complexity index is 1330. The van der Waals surface area contributed by atoms with Gasteiger partial charge in [0.1, 0.15) is 16.5 Å². The Morgan fingerprint density at radius 2 is 1.72 bits per heavy atom. The van der Waals surface area contributed by atoms with Gasteiger partial charge in [0.15, 0.2) is 5.69 Å². The fraction of sp³-hybridized carbons (Fsp3) is 0.0588. The third-order valence-corrected chi connectivity index (χ3v) is 5.97. The van der Waals surface area contributed by atoms with Crippen LogP contribution in [0.5, 0.6) is 0 Å². The van der Waals surface area contributed by atoms with E-state index in [1.807, 2.05) is 0 Å². The van der Waals surface area contributed by atoms with Gasteiger partial charge in [-0.25, -0.2) is 27.6 Å². The first kappa shape index (κ1) is 19.5. The van der Waals surface area contributed by atoms with Gasteiger partial charge in [-0.1, -0.05) is 0 Å². The fourth-order valence-electron chi connectivity index (χ4n) is 2.66. The SMILES string of the molecule is NS(=O)(=O)c1ccc(-n2nc(C(F)(F)F)cc2-c2nc3cc(F)ccc3s2)cc1. The van der Waals surface area contributed by atoms with Crippen molar-refractivity contribution in [3.63, 3.8) is 0 Å². The Morgan fingerprint density at radius 3 is 2.34 bits per heavy atom. The van der Waals surface area contributed by atoms with Crippen molar-refractivity contribution in [3.05, 3.63) is 60.0 Å². The molecule has 2 N–H and O–H groups in total. The van der Waals surface area contributed by atoms with Crippen molar-refractivity contribution in [1.29, 1.82) is 0 Å². The van der Waals surface area contributed by atoms with Gasteiger partial charge in [-0.15, -0.1) is 11.3 Å². The molecule has 4 rings (SSSR count).